The smallest absolute Gasteiger partial charge is 0.303 e. The summed E-state index contributed by atoms with van der Waals surface area (Å²) in [6, 6.07) is 9.71. The van der Waals surface area contributed by atoms with Gasteiger partial charge in [-0.3, -0.25) is 9.59 Å². The van der Waals surface area contributed by atoms with E-state index < -0.39 is 5.97 Å². The van der Waals surface area contributed by atoms with Gasteiger partial charge in [0.1, 0.15) is 0 Å². The van der Waals surface area contributed by atoms with E-state index in [1.165, 1.54) is 11.3 Å². The van der Waals surface area contributed by atoms with Crippen molar-refractivity contribution in [3.63, 3.8) is 0 Å². The molecule has 0 aliphatic heterocycles. The lowest BCUT2D eigenvalue weighted by Crippen LogP contribution is -2.29. The van der Waals surface area contributed by atoms with Crippen LogP contribution in [0.2, 0.25) is 0 Å². The summed E-state index contributed by atoms with van der Waals surface area (Å²) in [6.07, 6.45) is 0.822. The van der Waals surface area contributed by atoms with Gasteiger partial charge < -0.3 is 10.4 Å². The van der Waals surface area contributed by atoms with E-state index in [0.717, 1.165) is 16.5 Å². The predicted octanol–water partition coefficient (Wildman–Crippen LogP) is 3.13. The van der Waals surface area contributed by atoms with Gasteiger partial charge in [0, 0.05) is 17.7 Å². The highest BCUT2D eigenvalue weighted by atomic mass is 32.1. The molecule has 0 spiro atoms. The van der Waals surface area contributed by atoms with Crippen LogP contribution in [0, 0.1) is 5.92 Å². The van der Waals surface area contributed by atoms with Gasteiger partial charge in [0.05, 0.1) is 4.88 Å². The fourth-order valence-electron chi connectivity index (χ4n) is 2.03. The molecule has 2 N–H and O–H groups in total. The number of amides is 1. The monoisotopic (exact) mass is 291 g/mol. The number of carbonyl (C=O) groups excluding carboxylic acids is 1. The van der Waals surface area contributed by atoms with Crippen molar-refractivity contribution in [2.24, 2.45) is 5.92 Å². The first-order chi connectivity index (χ1) is 9.60. The molecule has 1 unspecified atom stereocenters. The summed E-state index contributed by atoms with van der Waals surface area (Å²) < 4.78 is 1.08. The van der Waals surface area contributed by atoms with Gasteiger partial charge in [-0.2, -0.15) is 0 Å². The van der Waals surface area contributed by atoms with Crippen molar-refractivity contribution < 1.29 is 14.7 Å². The molecule has 2 aromatic rings. The van der Waals surface area contributed by atoms with Crippen molar-refractivity contribution in [2.45, 2.75) is 19.8 Å². The molecule has 2 rings (SSSR count). The number of thiophene rings is 1. The van der Waals surface area contributed by atoms with Gasteiger partial charge in [-0.15, -0.1) is 11.3 Å². The van der Waals surface area contributed by atoms with Crippen molar-refractivity contribution in [3.05, 3.63) is 35.2 Å². The topological polar surface area (TPSA) is 66.4 Å². The van der Waals surface area contributed by atoms with E-state index in [4.69, 9.17) is 5.11 Å². The molecule has 4 nitrogen and oxygen atoms in total. The van der Waals surface area contributed by atoms with Crippen molar-refractivity contribution in [1.82, 2.24) is 5.32 Å². The molecule has 0 radical (unpaired) electrons. The quantitative estimate of drug-likeness (QED) is 0.859. The highest BCUT2D eigenvalue weighted by Gasteiger charge is 2.14. The molecular weight excluding hydrogens is 274 g/mol. The van der Waals surface area contributed by atoms with E-state index in [1.54, 1.807) is 0 Å². The third-order valence-corrected chi connectivity index (χ3v) is 4.36. The molecular formula is C15H17NO3S. The van der Waals surface area contributed by atoms with E-state index in [2.05, 4.69) is 5.32 Å². The zero-order valence-corrected chi connectivity index (χ0v) is 12.1. The Balaban J connectivity index is 1.99. The minimum atomic E-state index is -0.826. The van der Waals surface area contributed by atoms with E-state index in [1.807, 2.05) is 37.3 Å². The maximum Gasteiger partial charge on any atom is 0.303 e. The highest BCUT2D eigenvalue weighted by Crippen LogP contribution is 2.25. The second-order valence-electron chi connectivity index (χ2n) is 4.73. The number of benzene rings is 1. The molecule has 1 amide bonds. The molecule has 1 aromatic heterocycles. The van der Waals surface area contributed by atoms with Crippen molar-refractivity contribution in [3.8, 4) is 0 Å². The molecule has 1 heterocycles. The van der Waals surface area contributed by atoms with Gasteiger partial charge in [0.25, 0.3) is 5.91 Å². The fraction of sp³-hybridized carbons (Fsp3) is 0.333. The summed E-state index contributed by atoms with van der Waals surface area (Å²) in [4.78, 5) is 23.4. The summed E-state index contributed by atoms with van der Waals surface area (Å²) in [7, 11) is 0. The number of rotatable bonds is 6. The number of fused-ring (bicyclic) bond motifs is 1. The summed E-state index contributed by atoms with van der Waals surface area (Å²) in [5.74, 6) is -0.978. The zero-order valence-electron chi connectivity index (χ0n) is 11.3. The lowest BCUT2D eigenvalue weighted by Gasteiger charge is -2.12. The minimum absolute atomic E-state index is 0.0224. The maximum atomic E-state index is 12.1. The third kappa shape index (κ3) is 3.57. The molecule has 5 heteroatoms. The van der Waals surface area contributed by atoms with Crippen LogP contribution in [0.5, 0.6) is 0 Å². The summed E-state index contributed by atoms with van der Waals surface area (Å²) in [5.41, 5.74) is 0. The Labute approximate surface area is 121 Å². The first-order valence-corrected chi connectivity index (χ1v) is 7.40. The van der Waals surface area contributed by atoms with Gasteiger partial charge in [0.2, 0.25) is 0 Å². The van der Waals surface area contributed by atoms with Crippen LogP contribution in [-0.2, 0) is 4.79 Å². The number of carbonyl (C=O) groups is 2. The van der Waals surface area contributed by atoms with E-state index in [-0.39, 0.29) is 18.2 Å². The number of aliphatic carboxylic acids is 1. The molecule has 1 atom stereocenters. The Kier molecular flexibility index (Phi) is 4.74. The average molecular weight is 291 g/mol. The normalized spacial score (nSPS) is 12.2. The molecule has 106 valence electrons. The Bertz CT molecular complexity index is 587. The summed E-state index contributed by atoms with van der Waals surface area (Å²) in [6.45, 7) is 2.33. The van der Waals surface area contributed by atoms with Crippen LogP contribution in [0.1, 0.15) is 29.4 Å². The standard InChI is InChI=1S/C15H17NO3S/c1-2-10(7-14(17)18)9-16-15(19)13-8-11-5-3-4-6-12(11)20-13/h3-6,8,10H,2,7,9H2,1H3,(H,16,19)(H,17,18). The van der Waals surface area contributed by atoms with Gasteiger partial charge in [-0.05, 0) is 23.4 Å². The highest BCUT2D eigenvalue weighted by molar-refractivity contribution is 7.20. The molecule has 0 bridgehead atoms. The van der Waals surface area contributed by atoms with Gasteiger partial charge in [-0.1, -0.05) is 31.5 Å². The Morgan fingerprint density at radius 3 is 2.75 bits per heavy atom. The molecule has 20 heavy (non-hydrogen) atoms. The molecule has 1 aromatic carbocycles. The van der Waals surface area contributed by atoms with E-state index >= 15 is 0 Å². The SMILES string of the molecule is CCC(CNC(=O)c1cc2ccccc2s1)CC(=O)O. The average Bonchev–Trinajstić information content (AvgIpc) is 2.86. The molecule has 0 saturated carbocycles. The van der Waals surface area contributed by atoms with Gasteiger partial charge in [0.15, 0.2) is 0 Å². The van der Waals surface area contributed by atoms with E-state index in [0.29, 0.717) is 11.4 Å². The van der Waals surface area contributed by atoms with Crippen LogP contribution in [0.15, 0.2) is 30.3 Å². The largest absolute Gasteiger partial charge is 0.481 e. The number of hydrogen-bond acceptors (Lipinski definition) is 3. The number of carboxylic acids is 1. The van der Waals surface area contributed by atoms with E-state index in [9.17, 15) is 9.59 Å². The molecule has 0 aliphatic rings. The second kappa shape index (κ2) is 6.52. The van der Waals surface area contributed by atoms with Crippen molar-refractivity contribution in [1.29, 1.82) is 0 Å². The molecule has 0 saturated heterocycles. The lowest BCUT2D eigenvalue weighted by atomic mass is 10.0. The van der Waals surface area contributed by atoms with Crippen LogP contribution in [-0.4, -0.2) is 23.5 Å². The Hall–Kier alpha value is -1.88. The molecule has 0 aliphatic carbocycles. The second-order valence-corrected chi connectivity index (χ2v) is 5.81. The lowest BCUT2D eigenvalue weighted by molar-refractivity contribution is -0.138. The van der Waals surface area contributed by atoms with Crippen LogP contribution >= 0.6 is 11.3 Å². The number of carboxylic acid groups (broad SMARTS) is 1. The minimum Gasteiger partial charge on any atom is -0.481 e. The van der Waals surface area contributed by atoms with Crippen LogP contribution in [0.25, 0.3) is 10.1 Å². The fourth-order valence-corrected chi connectivity index (χ4v) is 3.00. The van der Waals surface area contributed by atoms with Crippen molar-refractivity contribution in [2.75, 3.05) is 6.54 Å². The van der Waals surface area contributed by atoms with Gasteiger partial charge in [-0.25, -0.2) is 0 Å². The number of nitrogens with one attached hydrogen (secondary N) is 1. The van der Waals surface area contributed by atoms with Crippen molar-refractivity contribution >= 4 is 33.3 Å². The van der Waals surface area contributed by atoms with Gasteiger partial charge >= 0.3 is 5.97 Å². The van der Waals surface area contributed by atoms with Crippen LogP contribution < -0.4 is 5.32 Å². The first-order valence-electron chi connectivity index (χ1n) is 6.58. The van der Waals surface area contributed by atoms with Crippen LogP contribution in [0.4, 0.5) is 0 Å². The zero-order chi connectivity index (χ0) is 14.5. The first kappa shape index (κ1) is 14.5. The molecule has 0 fully saturated rings. The summed E-state index contributed by atoms with van der Waals surface area (Å²) >= 11 is 1.45. The number of hydrogen-bond donors (Lipinski definition) is 2. The Morgan fingerprint density at radius 2 is 2.10 bits per heavy atom. The summed E-state index contributed by atoms with van der Waals surface area (Å²) in [5, 5.41) is 12.7. The predicted molar refractivity (Wildman–Crippen MR) is 80.2 cm³/mol. The maximum absolute atomic E-state index is 12.1. The Morgan fingerprint density at radius 1 is 1.35 bits per heavy atom. The van der Waals surface area contributed by atoms with Crippen LogP contribution in [0.3, 0.4) is 0 Å². The third-order valence-electron chi connectivity index (χ3n) is 3.24.